The maximum Gasteiger partial charge on any atom is 0.243 e. The number of nitrogens with zero attached hydrogens (tertiary/aromatic N) is 1. The van der Waals surface area contributed by atoms with Crippen molar-refractivity contribution in [2.75, 3.05) is 20.8 Å². The molecule has 3 aromatic rings. The van der Waals surface area contributed by atoms with Gasteiger partial charge in [-0.15, -0.1) is 0 Å². The van der Waals surface area contributed by atoms with Gasteiger partial charge in [0.25, 0.3) is 0 Å². The van der Waals surface area contributed by atoms with Crippen molar-refractivity contribution in [1.82, 2.24) is 4.31 Å². The molecular weight excluding hydrogens is 386 g/mol. The fourth-order valence-electron chi connectivity index (χ4n) is 3.66. The quantitative estimate of drug-likeness (QED) is 0.636. The van der Waals surface area contributed by atoms with Gasteiger partial charge in [0, 0.05) is 13.1 Å². The lowest BCUT2D eigenvalue weighted by molar-refractivity contribution is 0.348. The van der Waals surface area contributed by atoms with Crippen LogP contribution in [0.4, 0.5) is 0 Å². The van der Waals surface area contributed by atoms with Gasteiger partial charge in [-0.25, -0.2) is 8.42 Å². The largest absolute Gasteiger partial charge is 0.493 e. The van der Waals surface area contributed by atoms with Crippen LogP contribution in [0, 0.1) is 0 Å². The second-order valence-corrected chi connectivity index (χ2v) is 8.89. The molecule has 0 bridgehead atoms. The van der Waals surface area contributed by atoms with E-state index in [2.05, 4.69) is 0 Å². The second-order valence-electron chi connectivity index (χ2n) is 6.95. The lowest BCUT2D eigenvalue weighted by atomic mass is 10.0. The Morgan fingerprint density at radius 1 is 0.793 bits per heavy atom. The third kappa shape index (κ3) is 3.73. The van der Waals surface area contributed by atoms with Gasteiger partial charge in [0.15, 0.2) is 11.5 Å². The molecule has 0 unspecified atom stereocenters. The summed E-state index contributed by atoms with van der Waals surface area (Å²) in [7, 11) is -0.398. The number of ether oxygens (including phenoxy) is 2. The first-order valence-corrected chi connectivity index (χ1v) is 10.9. The molecule has 6 heteroatoms. The Kier molecular flexibility index (Phi) is 5.30. The zero-order chi connectivity index (χ0) is 20.4. The molecule has 0 atom stereocenters. The van der Waals surface area contributed by atoms with E-state index in [1.165, 1.54) is 4.31 Å². The van der Waals surface area contributed by atoms with Crippen molar-refractivity contribution < 1.29 is 17.9 Å². The van der Waals surface area contributed by atoms with E-state index in [4.69, 9.17) is 9.47 Å². The van der Waals surface area contributed by atoms with Gasteiger partial charge in [-0.05, 0) is 52.9 Å². The van der Waals surface area contributed by atoms with Crippen molar-refractivity contribution in [3.05, 3.63) is 77.9 Å². The molecule has 0 fully saturated rings. The Labute approximate surface area is 171 Å². The normalized spacial score (nSPS) is 14.3. The van der Waals surface area contributed by atoms with Gasteiger partial charge in [-0.3, -0.25) is 0 Å². The first-order valence-electron chi connectivity index (χ1n) is 9.42. The molecule has 0 saturated carbocycles. The zero-order valence-electron chi connectivity index (χ0n) is 16.5. The van der Waals surface area contributed by atoms with Crippen LogP contribution < -0.4 is 9.47 Å². The van der Waals surface area contributed by atoms with E-state index in [1.807, 2.05) is 54.6 Å². The molecule has 0 amide bonds. The van der Waals surface area contributed by atoms with E-state index in [1.54, 1.807) is 26.4 Å². The maximum atomic E-state index is 13.2. The summed E-state index contributed by atoms with van der Waals surface area (Å²) >= 11 is 0. The monoisotopic (exact) mass is 409 g/mol. The first kappa shape index (κ1) is 19.5. The predicted octanol–water partition coefficient (Wildman–Crippen LogP) is 4.12. The fourth-order valence-corrected chi connectivity index (χ4v) is 5.08. The fraction of sp³-hybridized carbons (Fsp3) is 0.217. The second kappa shape index (κ2) is 7.89. The maximum absolute atomic E-state index is 13.2. The Balaban J connectivity index is 1.60. The highest BCUT2D eigenvalue weighted by Crippen LogP contribution is 2.34. The molecule has 1 heterocycles. The van der Waals surface area contributed by atoms with Crippen LogP contribution in [0.25, 0.3) is 11.1 Å². The Morgan fingerprint density at radius 2 is 1.38 bits per heavy atom. The SMILES string of the molecule is COc1cc2c(cc1OC)CN(S(=O)(=O)c1ccc(-c3ccccc3)cc1)CC2. The van der Waals surface area contributed by atoms with Gasteiger partial charge in [0.2, 0.25) is 10.0 Å². The number of methoxy groups -OCH3 is 2. The summed E-state index contributed by atoms with van der Waals surface area (Å²) in [5.41, 5.74) is 4.08. The third-order valence-electron chi connectivity index (χ3n) is 5.28. The van der Waals surface area contributed by atoms with Gasteiger partial charge in [0.1, 0.15) is 0 Å². The van der Waals surface area contributed by atoms with Crippen molar-refractivity contribution in [3.63, 3.8) is 0 Å². The minimum atomic E-state index is -3.58. The van der Waals surface area contributed by atoms with Crippen molar-refractivity contribution >= 4 is 10.0 Å². The highest BCUT2D eigenvalue weighted by atomic mass is 32.2. The van der Waals surface area contributed by atoms with Crippen molar-refractivity contribution in [3.8, 4) is 22.6 Å². The number of benzene rings is 3. The van der Waals surface area contributed by atoms with Gasteiger partial charge in [-0.1, -0.05) is 42.5 Å². The topological polar surface area (TPSA) is 55.8 Å². The number of hydrogen-bond donors (Lipinski definition) is 0. The van der Waals surface area contributed by atoms with E-state index < -0.39 is 10.0 Å². The third-order valence-corrected chi connectivity index (χ3v) is 7.14. The van der Waals surface area contributed by atoms with Crippen LogP contribution in [0.15, 0.2) is 71.6 Å². The van der Waals surface area contributed by atoms with Crippen molar-refractivity contribution in [1.29, 1.82) is 0 Å². The summed E-state index contributed by atoms with van der Waals surface area (Å²) in [5.74, 6) is 1.27. The average Bonchev–Trinajstić information content (AvgIpc) is 2.78. The molecule has 29 heavy (non-hydrogen) atoms. The van der Waals surface area contributed by atoms with Crippen LogP contribution in [0.1, 0.15) is 11.1 Å². The minimum Gasteiger partial charge on any atom is -0.493 e. The van der Waals surface area contributed by atoms with Crippen LogP contribution in [0.5, 0.6) is 11.5 Å². The van der Waals surface area contributed by atoms with Crippen LogP contribution in [-0.4, -0.2) is 33.5 Å². The summed E-state index contributed by atoms with van der Waals surface area (Å²) in [6, 6.07) is 20.8. The lowest BCUT2D eigenvalue weighted by Crippen LogP contribution is -2.36. The van der Waals surface area contributed by atoms with E-state index in [-0.39, 0.29) is 0 Å². The average molecular weight is 410 g/mol. The van der Waals surface area contributed by atoms with Gasteiger partial charge in [-0.2, -0.15) is 4.31 Å². The van der Waals surface area contributed by atoms with Crippen LogP contribution in [0.3, 0.4) is 0 Å². The summed E-state index contributed by atoms with van der Waals surface area (Å²) in [6.45, 7) is 0.754. The molecular formula is C23H23NO4S. The van der Waals surface area contributed by atoms with Crippen molar-refractivity contribution in [2.24, 2.45) is 0 Å². The summed E-state index contributed by atoms with van der Waals surface area (Å²) in [5, 5.41) is 0. The predicted molar refractivity (Wildman–Crippen MR) is 113 cm³/mol. The van der Waals surface area contributed by atoms with Crippen LogP contribution in [0.2, 0.25) is 0 Å². The van der Waals surface area contributed by atoms with E-state index in [0.29, 0.717) is 35.9 Å². The molecule has 0 aliphatic carbocycles. The smallest absolute Gasteiger partial charge is 0.243 e. The molecule has 5 nitrogen and oxygen atoms in total. The molecule has 4 rings (SSSR count). The Morgan fingerprint density at radius 3 is 2.00 bits per heavy atom. The van der Waals surface area contributed by atoms with E-state index in [0.717, 1.165) is 22.3 Å². The van der Waals surface area contributed by atoms with Crippen molar-refractivity contribution in [2.45, 2.75) is 17.9 Å². The zero-order valence-corrected chi connectivity index (χ0v) is 17.3. The summed E-state index contributed by atoms with van der Waals surface area (Å²) in [6.07, 6.45) is 0.636. The Hall–Kier alpha value is -2.83. The Bertz CT molecular complexity index is 1110. The van der Waals surface area contributed by atoms with Crippen LogP contribution in [-0.2, 0) is 23.0 Å². The highest BCUT2D eigenvalue weighted by molar-refractivity contribution is 7.89. The molecule has 0 saturated heterocycles. The van der Waals surface area contributed by atoms with E-state index in [9.17, 15) is 8.42 Å². The summed E-state index contributed by atoms with van der Waals surface area (Å²) in [4.78, 5) is 0.307. The lowest BCUT2D eigenvalue weighted by Gasteiger charge is -2.29. The molecule has 0 N–H and O–H groups in total. The van der Waals surface area contributed by atoms with E-state index >= 15 is 0 Å². The summed E-state index contributed by atoms with van der Waals surface area (Å²) < 4.78 is 38.6. The first-order chi connectivity index (χ1) is 14.0. The molecule has 0 radical (unpaired) electrons. The molecule has 1 aliphatic rings. The number of sulfonamides is 1. The van der Waals surface area contributed by atoms with Gasteiger partial charge < -0.3 is 9.47 Å². The molecule has 150 valence electrons. The minimum absolute atomic E-state index is 0.307. The number of fused-ring (bicyclic) bond motifs is 1. The number of hydrogen-bond acceptors (Lipinski definition) is 4. The highest BCUT2D eigenvalue weighted by Gasteiger charge is 2.29. The van der Waals surface area contributed by atoms with Crippen LogP contribution >= 0.6 is 0 Å². The molecule has 1 aliphatic heterocycles. The molecule has 0 aromatic heterocycles. The standard InChI is InChI=1S/C23H23NO4S/c1-27-22-14-19-12-13-24(16-20(19)15-23(22)28-2)29(25,26)21-10-8-18(9-11-21)17-6-4-3-5-7-17/h3-11,14-15H,12-13,16H2,1-2H3. The molecule has 0 spiro atoms. The molecule has 3 aromatic carbocycles. The van der Waals surface area contributed by atoms with Gasteiger partial charge >= 0.3 is 0 Å². The van der Waals surface area contributed by atoms with Gasteiger partial charge in [0.05, 0.1) is 19.1 Å². The number of rotatable bonds is 5.